The van der Waals surface area contributed by atoms with Gasteiger partial charge in [0, 0.05) is 24.8 Å². The highest BCUT2D eigenvalue weighted by Gasteiger charge is 2.10. The van der Waals surface area contributed by atoms with Gasteiger partial charge in [0.25, 0.3) is 5.91 Å². The monoisotopic (exact) mass is 243 g/mol. The number of pyridine rings is 2. The minimum Gasteiger partial charge on any atom is -0.335 e. The number of hydroxylamine groups is 1. The minimum atomic E-state index is -0.680. The molecule has 0 saturated heterocycles. The summed E-state index contributed by atoms with van der Waals surface area (Å²) in [5, 5.41) is 0. The van der Waals surface area contributed by atoms with Gasteiger partial charge >= 0.3 is 5.97 Å². The predicted molar refractivity (Wildman–Crippen MR) is 61.4 cm³/mol. The highest BCUT2D eigenvalue weighted by atomic mass is 16.7. The van der Waals surface area contributed by atoms with Crippen molar-refractivity contribution in [2.45, 2.75) is 0 Å². The van der Waals surface area contributed by atoms with Crippen LogP contribution in [-0.4, -0.2) is 21.8 Å². The van der Waals surface area contributed by atoms with E-state index in [1.165, 1.54) is 24.7 Å². The van der Waals surface area contributed by atoms with Gasteiger partial charge in [0.15, 0.2) is 0 Å². The topological polar surface area (TPSA) is 81.2 Å². The molecule has 1 N–H and O–H groups in total. The molecule has 0 atom stereocenters. The normalized spacial score (nSPS) is 9.56. The number of aromatic nitrogens is 2. The van der Waals surface area contributed by atoms with Crippen LogP contribution in [0.5, 0.6) is 0 Å². The maximum atomic E-state index is 11.5. The number of nitrogens with one attached hydrogen (secondary N) is 1. The summed E-state index contributed by atoms with van der Waals surface area (Å²) >= 11 is 0. The van der Waals surface area contributed by atoms with E-state index in [0.29, 0.717) is 5.56 Å². The quantitative estimate of drug-likeness (QED) is 0.795. The van der Waals surface area contributed by atoms with Crippen LogP contribution < -0.4 is 5.48 Å². The van der Waals surface area contributed by atoms with E-state index in [1.54, 1.807) is 24.4 Å². The zero-order valence-electron chi connectivity index (χ0n) is 9.24. The molecular formula is C12H9N3O3. The van der Waals surface area contributed by atoms with Crippen molar-refractivity contribution < 1.29 is 14.4 Å². The summed E-state index contributed by atoms with van der Waals surface area (Å²) in [5.41, 5.74) is 2.60. The number of carbonyl (C=O) groups excluding carboxylic acids is 2. The van der Waals surface area contributed by atoms with Crippen LogP contribution in [0.2, 0.25) is 0 Å². The van der Waals surface area contributed by atoms with Gasteiger partial charge in [0.2, 0.25) is 0 Å². The number of carbonyl (C=O) groups is 2. The number of rotatable bonds is 2. The summed E-state index contributed by atoms with van der Waals surface area (Å²) in [5.74, 6) is -1.22. The molecule has 0 aromatic carbocycles. The Morgan fingerprint density at radius 3 is 2.17 bits per heavy atom. The van der Waals surface area contributed by atoms with E-state index in [9.17, 15) is 9.59 Å². The summed E-state index contributed by atoms with van der Waals surface area (Å²) in [6.07, 6.45) is 5.79. The van der Waals surface area contributed by atoms with Gasteiger partial charge < -0.3 is 4.84 Å². The summed E-state index contributed by atoms with van der Waals surface area (Å²) < 4.78 is 0. The standard InChI is InChI=1S/C12H9N3O3/c16-11(9-3-1-5-13-7-9)15-18-12(17)10-4-2-6-14-8-10/h1-8H,(H,15,16). The number of hydrogen-bond acceptors (Lipinski definition) is 5. The van der Waals surface area contributed by atoms with E-state index in [1.807, 2.05) is 5.48 Å². The molecule has 6 nitrogen and oxygen atoms in total. The van der Waals surface area contributed by atoms with Crippen LogP contribution in [0, 0.1) is 0 Å². The van der Waals surface area contributed by atoms with Crippen LogP contribution in [0.1, 0.15) is 20.7 Å². The van der Waals surface area contributed by atoms with Crippen molar-refractivity contribution in [3.63, 3.8) is 0 Å². The van der Waals surface area contributed by atoms with Crippen molar-refractivity contribution in [3.05, 3.63) is 60.2 Å². The molecule has 0 aliphatic heterocycles. The largest absolute Gasteiger partial charge is 0.364 e. The van der Waals surface area contributed by atoms with E-state index in [-0.39, 0.29) is 5.56 Å². The fourth-order valence-corrected chi connectivity index (χ4v) is 1.19. The molecule has 2 aromatic rings. The van der Waals surface area contributed by atoms with Gasteiger partial charge in [-0.25, -0.2) is 4.79 Å². The average Bonchev–Trinajstić information content (AvgIpc) is 2.46. The van der Waals surface area contributed by atoms with Gasteiger partial charge in [-0.05, 0) is 24.3 Å². The van der Waals surface area contributed by atoms with E-state index < -0.39 is 11.9 Å². The predicted octanol–water partition coefficient (Wildman–Crippen LogP) is 0.978. The molecule has 0 radical (unpaired) electrons. The Kier molecular flexibility index (Phi) is 3.60. The molecule has 1 amide bonds. The molecule has 90 valence electrons. The molecule has 2 rings (SSSR count). The summed E-state index contributed by atoms with van der Waals surface area (Å²) in [6, 6.07) is 6.29. The molecule has 0 aliphatic rings. The van der Waals surface area contributed by atoms with Gasteiger partial charge in [0.1, 0.15) is 0 Å². The van der Waals surface area contributed by atoms with E-state index >= 15 is 0 Å². The smallest absolute Gasteiger partial charge is 0.335 e. The Balaban J connectivity index is 1.93. The van der Waals surface area contributed by atoms with E-state index in [2.05, 4.69) is 14.8 Å². The second kappa shape index (κ2) is 5.53. The first-order valence-corrected chi connectivity index (χ1v) is 5.09. The first-order chi connectivity index (χ1) is 8.77. The van der Waals surface area contributed by atoms with Gasteiger partial charge in [-0.2, -0.15) is 5.48 Å². The van der Waals surface area contributed by atoms with Crippen molar-refractivity contribution in [2.24, 2.45) is 0 Å². The van der Waals surface area contributed by atoms with Crippen molar-refractivity contribution in [1.82, 2.24) is 15.4 Å². The summed E-state index contributed by atoms with van der Waals surface area (Å²) in [4.78, 5) is 35.2. The first kappa shape index (κ1) is 11.7. The highest BCUT2D eigenvalue weighted by molar-refractivity contribution is 5.95. The lowest BCUT2D eigenvalue weighted by molar-refractivity contribution is 0.0229. The SMILES string of the molecule is O=C(NOC(=O)c1cccnc1)c1cccnc1. The zero-order valence-corrected chi connectivity index (χ0v) is 9.24. The second-order valence-electron chi connectivity index (χ2n) is 3.30. The molecule has 0 unspecified atom stereocenters. The van der Waals surface area contributed by atoms with Crippen molar-refractivity contribution >= 4 is 11.9 Å². The third-order valence-corrected chi connectivity index (χ3v) is 2.06. The van der Waals surface area contributed by atoms with Crippen molar-refractivity contribution in [2.75, 3.05) is 0 Å². The van der Waals surface area contributed by atoms with Crippen LogP contribution in [-0.2, 0) is 4.84 Å². The van der Waals surface area contributed by atoms with Gasteiger partial charge in [0.05, 0.1) is 11.1 Å². The fraction of sp³-hybridized carbons (Fsp3) is 0. The summed E-state index contributed by atoms with van der Waals surface area (Å²) in [7, 11) is 0. The Hall–Kier alpha value is -2.76. The maximum Gasteiger partial charge on any atom is 0.364 e. The molecule has 2 aromatic heterocycles. The molecule has 18 heavy (non-hydrogen) atoms. The number of hydrogen-bond donors (Lipinski definition) is 1. The molecule has 0 spiro atoms. The second-order valence-corrected chi connectivity index (χ2v) is 3.30. The van der Waals surface area contributed by atoms with Gasteiger partial charge in [-0.15, -0.1) is 0 Å². The molecule has 2 heterocycles. The number of amides is 1. The Morgan fingerprint density at radius 1 is 1.00 bits per heavy atom. The van der Waals surface area contributed by atoms with Crippen molar-refractivity contribution in [3.8, 4) is 0 Å². The third kappa shape index (κ3) is 2.88. The third-order valence-electron chi connectivity index (χ3n) is 2.06. The Bertz CT molecular complexity index is 492. The minimum absolute atomic E-state index is 0.254. The lowest BCUT2D eigenvalue weighted by Gasteiger charge is -2.04. The molecular weight excluding hydrogens is 234 g/mol. The average molecular weight is 243 g/mol. The molecule has 0 bridgehead atoms. The molecule has 0 aliphatic carbocycles. The molecule has 0 fully saturated rings. The van der Waals surface area contributed by atoms with Crippen LogP contribution in [0.3, 0.4) is 0 Å². The highest BCUT2D eigenvalue weighted by Crippen LogP contribution is 1.99. The van der Waals surface area contributed by atoms with Crippen LogP contribution in [0.15, 0.2) is 49.1 Å². The van der Waals surface area contributed by atoms with Crippen LogP contribution in [0.4, 0.5) is 0 Å². The lowest BCUT2D eigenvalue weighted by Crippen LogP contribution is -2.27. The molecule has 0 saturated carbocycles. The zero-order chi connectivity index (χ0) is 12.8. The van der Waals surface area contributed by atoms with Gasteiger partial charge in [-0.3, -0.25) is 14.8 Å². The summed E-state index contributed by atoms with van der Waals surface area (Å²) in [6.45, 7) is 0. The van der Waals surface area contributed by atoms with E-state index in [4.69, 9.17) is 0 Å². The molecule has 6 heteroatoms. The van der Waals surface area contributed by atoms with Crippen LogP contribution in [0.25, 0.3) is 0 Å². The number of nitrogens with zero attached hydrogens (tertiary/aromatic N) is 2. The Morgan fingerprint density at radius 2 is 1.61 bits per heavy atom. The van der Waals surface area contributed by atoms with Crippen molar-refractivity contribution in [1.29, 1.82) is 0 Å². The lowest BCUT2D eigenvalue weighted by atomic mass is 10.3. The maximum absolute atomic E-state index is 11.5. The first-order valence-electron chi connectivity index (χ1n) is 5.09. The van der Waals surface area contributed by atoms with Crippen LogP contribution >= 0.6 is 0 Å². The fourth-order valence-electron chi connectivity index (χ4n) is 1.19. The van der Waals surface area contributed by atoms with Gasteiger partial charge in [-0.1, -0.05) is 0 Å². The van der Waals surface area contributed by atoms with E-state index in [0.717, 1.165) is 0 Å². The Labute approximate surface area is 103 Å².